The SMILES string of the molecule is NC(C(=O)O)C1CCNCC1. The number of carboxylic acid groups (broad SMARTS) is 1. The van der Waals surface area contributed by atoms with Gasteiger partial charge in [-0.15, -0.1) is 0 Å². The lowest BCUT2D eigenvalue weighted by Gasteiger charge is -2.25. The van der Waals surface area contributed by atoms with E-state index in [9.17, 15) is 4.79 Å². The molecule has 64 valence electrons. The summed E-state index contributed by atoms with van der Waals surface area (Å²) in [6.45, 7) is 1.79. The smallest absolute Gasteiger partial charge is 0.320 e. The van der Waals surface area contributed by atoms with Gasteiger partial charge in [-0.3, -0.25) is 4.79 Å². The summed E-state index contributed by atoms with van der Waals surface area (Å²) in [5.74, 6) is -0.717. The number of rotatable bonds is 2. The normalized spacial score (nSPS) is 23.0. The molecule has 0 aliphatic carbocycles. The molecule has 0 bridgehead atoms. The Morgan fingerprint density at radius 2 is 2.09 bits per heavy atom. The summed E-state index contributed by atoms with van der Waals surface area (Å²) in [4.78, 5) is 10.5. The Hall–Kier alpha value is -0.610. The standard InChI is InChI=1S/C7H14N2O2/c8-6(7(10)11)5-1-3-9-4-2-5/h5-6,9H,1-4,8H2,(H,10,11). The highest BCUT2D eigenvalue weighted by Gasteiger charge is 2.25. The van der Waals surface area contributed by atoms with E-state index in [4.69, 9.17) is 10.8 Å². The zero-order chi connectivity index (χ0) is 8.27. The third-order valence-corrected chi connectivity index (χ3v) is 2.18. The Balaban J connectivity index is 2.38. The quantitative estimate of drug-likeness (QED) is 0.501. The van der Waals surface area contributed by atoms with Crippen LogP contribution in [0, 0.1) is 5.92 Å². The number of piperidine rings is 1. The molecule has 0 saturated carbocycles. The summed E-state index contributed by atoms with van der Waals surface area (Å²) in [5, 5.41) is 11.7. The molecule has 4 N–H and O–H groups in total. The van der Waals surface area contributed by atoms with Crippen LogP contribution in [-0.2, 0) is 4.79 Å². The maximum absolute atomic E-state index is 10.5. The molecule has 11 heavy (non-hydrogen) atoms. The van der Waals surface area contributed by atoms with E-state index in [1.807, 2.05) is 0 Å². The molecule has 4 heteroatoms. The number of nitrogens with one attached hydrogen (secondary N) is 1. The highest BCUT2D eigenvalue weighted by molar-refractivity contribution is 5.73. The third kappa shape index (κ3) is 2.17. The maximum atomic E-state index is 10.5. The second-order valence-corrected chi connectivity index (χ2v) is 2.95. The van der Waals surface area contributed by atoms with Crippen molar-refractivity contribution in [3.63, 3.8) is 0 Å². The second kappa shape index (κ2) is 3.69. The topological polar surface area (TPSA) is 75.4 Å². The van der Waals surface area contributed by atoms with Crippen LogP contribution in [0.25, 0.3) is 0 Å². The van der Waals surface area contributed by atoms with Crippen molar-refractivity contribution in [2.45, 2.75) is 18.9 Å². The van der Waals surface area contributed by atoms with Crippen LogP contribution in [0.4, 0.5) is 0 Å². The first-order chi connectivity index (χ1) is 5.22. The van der Waals surface area contributed by atoms with E-state index in [0.29, 0.717) is 0 Å². The lowest BCUT2D eigenvalue weighted by Crippen LogP contribution is -2.43. The molecule has 1 unspecified atom stereocenters. The first-order valence-electron chi connectivity index (χ1n) is 3.91. The van der Waals surface area contributed by atoms with Crippen molar-refractivity contribution in [3.8, 4) is 0 Å². The van der Waals surface area contributed by atoms with Crippen LogP contribution in [0.2, 0.25) is 0 Å². The van der Waals surface area contributed by atoms with Gasteiger partial charge in [-0.1, -0.05) is 0 Å². The molecule has 4 nitrogen and oxygen atoms in total. The summed E-state index contributed by atoms with van der Waals surface area (Å²) in [7, 11) is 0. The molecule has 1 aliphatic heterocycles. The Bertz CT molecular complexity index is 143. The fraction of sp³-hybridized carbons (Fsp3) is 0.857. The van der Waals surface area contributed by atoms with Gasteiger partial charge in [0.05, 0.1) is 0 Å². The number of carboxylic acids is 1. The van der Waals surface area contributed by atoms with Gasteiger partial charge in [0.1, 0.15) is 6.04 Å². The van der Waals surface area contributed by atoms with Gasteiger partial charge in [0.25, 0.3) is 0 Å². The molecule has 0 spiro atoms. The Morgan fingerprint density at radius 3 is 2.55 bits per heavy atom. The largest absolute Gasteiger partial charge is 0.480 e. The molecule has 1 heterocycles. The molecule has 0 aromatic carbocycles. The van der Waals surface area contributed by atoms with Crippen LogP contribution >= 0.6 is 0 Å². The van der Waals surface area contributed by atoms with Gasteiger partial charge < -0.3 is 16.2 Å². The van der Waals surface area contributed by atoms with Gasteiger partial charge in [-0.25, -0.2) is 0 Å². The van der Waals surface area contributed by atoms with Crippen LogP contribution in [-0.4, -0.2) is 30.2 Å². The van der Waals surface area contributed by atoms with E-state index < -0.39 is 12.0 Å². The number of hydrogen-bond acceptors (Lipinski definition) is 3. The Kier molecular flexibility index (Phi) is 2.84. The molecule has 1 rings (SSSR count). The Labute approximate surface area is 65.8 Å². The Morgan fingerprint density at radius 1 is 1.55 bits per heavy atom. The first-order valence-corrected chi connectivity index (χ1v) is 3.91. The van der Waals surface area contributed by atoms with Crippen molar-refractivity contribution in [2.24, 2.45) is 11.7 Å². The minimum Gasteiger partial charge on any atom is -0.480 e. The molecule has 1 saturated heterocycles. The van der Waals surface area contributed by atoms with Crippen LogP contribution in [0.5, 0.6) is 0 Å². The third-order valence-electron chi connectivity index (χ3n) is 2.18. The molecule has 1 aliphatic rings. The molecule has 1 fully saturated rings. The van der Waals surface area contributed by atoms with Crippen LogP contribution in [0.1, 0.15) is 12.8 Å². The molecular weight excluding hydrogens is 144 g/mol. The van der Waals surface area contributed by atoms with Crippen molar-refractivity contribution in [1.29, 1.82) is 0 Å². The highest BCUT2D eigenvalue weighted by atomic mass is 16.4. The first kappa shape index (κ1) is 8.49. The second-order valence-electron chi connectivity index (χ2n) is 2.95. The van der Waals surface area contributed by atoms with Crippen LogP contribution in [0.15, 0.2) is 0 Å². The van der Waals surface area contributed by atoms with Gasteiger partial charge in [0, 0.05) is 0 Å². The minimum atomic E-state index is -0.878. The highest BCUT2D eigenvalue weighted by Crippen LogP contribution is 2.14. The summed E-state index contributed by atoms with van der Waals surface area (Å²) in [5.41, 5.74) is 5.46. The number of hydrogen-bond donors (Lipinski definition) is 3. The molecule has 0 aromatic rings. The lowest BCUT2D eigenvalue weighted by atomic mass is 9.91. The van der Waals surface area contributed by atoms with Crippen molar-refractivity contribution < 1.29 is 9.90 Å². The summed E-state index contributed by atoms with van der Waals surface area (Å²) < 4.78 is 0. The number of aliphatic carboxylic acids is 1. The van der Waals surface area contributed by atoms with E-state index in [0.717, 1.165) is 25.9 Å². The lowest BCUT2D eigenvalue weighted by molar-refractivity contribution is -0.140. The predicted molar refractivity (Wildman–Crippen MR) is 41.2 cm³/mol. The average Bonchev–Trinajstić information content (AvgIpc) is 2.05. The maximum Gasteiger partial charge on any atom is 0.320 e. The van der Waals surface area contributed by atoms with E-state index in [1.165, 1.54) is 0 Å². The van der Waals surface area contributed by atoms with Gasteiger partial charge in [0.2, 0.25) is 0 Å². The minimum absolute atomic E-state index is 0.161. The number of nitrogens with two attached hydrogens (primary N) is 1. The van der Waals surface area contributed by atoms with E-state index in [1.54, 1.807) is 0 Å². The zero-order valence-electron chi connectivity index (χ0n) is 6.42. The fourth-order valence-electron chi connectivity index (χ4n) is 1.41. The summed E-state index contributed by atoms with van der Waals surface area (Å²) >= 11 is 0. The van der Waals surface area contributed by atoms with Gasteiger partial charge in [0.15, 0.2) is 0 Å². The zero-order valence-corrected chi connectivity index (χ0v) is 6.42. The molecule has 1 atom stereocenters. The van der Waals surface area contributed by atoms with Crippen molar-refractivity contribution in [3.05, 3.63) is 0 Å². The van der Waals surface area contributed by atoms with E-state index in [-0.39, 0.29) is 5.92 Å². The molecule has 0 radical (unpaired) electrons. The van der Waals surface area contributed by atoms with Crippen LogP contribution < -0.4 is 11.1 Å². The molecular formula is C7H14N2O2. The van der Waals surface area contributed by atoms with Gasteiger partial charge in [-0.05, 0) is 31.8 Å². The van der Waals surface area contributed by atoms with Crippen molar-refractivity contribution in [2.75, 3.05) is 13.1 Å². The monoisotopic (exact) mass is 158 g/mol. The van der Waals surface area contributed by atoms with Crippen LogP contribution in [0.3, 0.4) is 0 Å². The molecule has 0 amide bonds. The summed E-state index contributed by atoms with van der Waals surface area (Å²) in [6.07, 6.45) is 1.76. The van der Waals surface area contributed by atoms with E-state index in [2.05, 4.69) is 5.32 Å². The number of carbonyl (C=O) groups is 1. The average molecular weight is 158 g/mol. The van der Waals surface area contributed by atoms with E-state index >= 15 is 0 Å². The van der Waals surface area contributed by atoms with Gasteiger partial charge >= 0.3 is 5.97 Å². The van der Waals surface area contributed by atoms with Crippen molar-refractivity contribution in [1.82, 2.24) is 5.32 Å². The predicted octanol–water partition coefficient (Wildman–Crippen LogP) is -0.602. The van der Waals surface area contributed by atoms with Gasteiger partial charge in [-0.2, -0.15) is 0 Å². The molecule has 0 aromatic heterocycles. The summed E-state index contributed by atoms with van der Waals surface area (Å²) in [6, 6.07) is -0.669. The fourth-order valence-corrected chi connectivity index (χ4v) is 1.41. The van der Waals surface area contributed by atoms with Crippen molar-refractivity contribution >= 4 is 5.97 Å².